The van der Waals surface area contributed by atoms with E-state index >= 15 is 0 Å². The standard InChI is InChI=1S/C22H28N2O5/c1-14-19(22(26)28-12-11-27-3)15(2)23-20(14)21(25)24-16-7-6-10-18(13-16)29-17-8-4-5-9-17/h6-7,10,13,17,23H,4-5,8-9,11-12H2,1-3H3,(H,24,25). The molecule has 7 nitrogen and oxygen atoms in total. The number of aromatic amines is 1. The zero-order valence-corrected chi connectivity index (χ0v) is 17.2. The molecule has 156 valence electrons. The molecule has 1 fully saturated rings. The van der Waals surface area contributed by atoms with Crippen molar-refractivity contribution in [3.8, 4) is 5.75 Å². The Kier molecular flexibility index (Phi) is 6.93. The lowest BCUT2D eigenvalue weighted by atomic mass is 10.1. The average Bonchev–Trinajstić information content (AvgIpc) is 3.29. The summed E-state index contributed by atoms with van der Waals surface area (Å²) in [6.45, 7) is 3.95. The number of benzene rings is 1. The number of nitrogens with one attached hydrogen (secondary N) is 2. The van der Waals surface area contributed by atoms with Crippen molar-refractivity contribution in [1.29, 1.82) is 0 Å². The minimum atomic E-state index is -0.473. The van der Waals surface area contributed by atoms with Gasteiger partial charge in [-0.15, -0.1) is 0 Å². The van der Waals surface area contributed by atoms with Crippen molar-refractivity contribution >= 4 is 17.6 Å². The number of amides is 1. The van der Waals surface area contributed by atoms with Crippen LogP contribution in [0.2, 0.25) is 0 Å². The van der Waals surface area contributed by atoms with Crippen molar-refractivity contribution < 1.29 is 23.8 Å². The summed E-state index contributed by atoms with van der Waals surface area (Å²) in [5.74, 6) is -0.0460. The fourth-order valence-electron chi connectivity index (χ4n) is 3.61. The van der Waals surface area contributed by atoms with Crippen molar-refractivity contribution in [2.45, 2.75) is 45.6 Å². The van der Waals surface area contributed by atoms with Gasteiger partial charge in [-0.2, -0.15) is 0 Å². The van der Waals surface area contributed by atoms with Crippen LogP contribution < -0.4 is 10.1 Å². The van der Waals surface area contributed by atoms with Gasteiger partial charge in [-0.05, 0) is 57.2 Å². The molecule has 1 heterocycles. The van der Waals surface area contributed by atoms with Crippen molar-refractivity contribution in [3.63, 3.8) is 0 Å². The first-order valence-corrected chi connectivity index (χ1v) is 9.93. The molecule has 1 saturated carbocycles. The zero-order valence-electron chi connectivity index (χ0n) is 17.2. The minimum Gasteiger partial charge on any atom is -0.490 e. The second kappa shape index (κ2) is 9.60. The first-order chi connectivity index (χ1) is 14.0. The SMILES string of the molecule is COCCOC(=O)c1c(C)[nH]c(C(=O)Nc2cccc(OC3CCCC3)c2)c1C. The first kappa shape index (κ1) is 20.9. The number of rotatable bonds is 8. The molecule has 3 rings (SSSR count). The minimum absolute atomic E-state index is 0.161. The van der Waals surface area contributed by atoms with Gasteiger partial charge in [0, 0.05) is 24.6 Å². The van der Waals surface area contributed by atoms with E-state index in [0.29, 0.717) is 34.8 Å². The van der Waals surface area contributed by atoms with E-state index in [0.717, 1.165) is 18.6 Å². The van der Waals surface area contributed by atoms with Crippen LogP contribution in [-0.2, 0) is 9.47 Å². The Labute approximate surface area is 170 Å². The summed E-state index contributed by atoms with van der Waals surface area (Å²) in [5.41, 5.74) is 2.50. The summed E-state index contributed by atoms with van der Waals surface area (Å²) in [7, 11) is 1.54. The van der Waals surface area contributed by atoms with Gasteiger partial charge in [0.1, 0.15) is 18.1 Å². The number of methoxy groups -OCH3 is 1. The molecule has 1 aromatic heterocycles. The highest BCUT2D eigenvalue weighted by atomic mass is 16.6. The van der Waals surface area contributed by atoms with Crippen molar-refractivity contribution in [2.75, 3.05) is 25.6 Å². The highest BCUT2D eigenvalue weighted by molar-refractivity contribution is 6.06. The predicted molar refractivity (Wildman–Crippen MR) is 110 cm³/mol. The number of carbonyl (C=O) groups excluding carboxylic acids is 2. The van der Waals surface area contributed by atoms with E-state index in [1.807, 2.05) is 24.3 Å². The molecule has 1 amide bonds. The van der Waals surface area contributed by atoms with Gasteiger partial charge in [0.05, 0.1) is 18.3 Å². The lowest BCUT2D eigenvalue weighted by Crippen LogP contribution is -2.15. The van der Waals surface area contributed by atoms with Gasteiger partial charge in [-0.25, -0.2) is 4.79 Å². The number of esters is 1. The van der Waals surface area contributed by atoms with E-state index in [-0.39, 0.29) is 18.6 Å². The van der Waals surface area contributed by atoms with Crippen molar-refractivity contribution in [3.05, 3.63) is 46.8 Å². The molecule has 0 saturated heterocycles. The van der Waals surface area contributed by atoms with Gasteiger partial charge in [0.25, 0.3) is 5.91 Å². The van der Waals surface area contributed by atoms with Crippen LogP contribution in [0.5, 0.6) is 5.75 Å². The number of H-pyrrole nitrogens is 1. The number of aryl methyl sites for hydroxylation is 1. The smallest absolute Gasteiger partial charge is 0.340 e. The Morgan fingerprint density at radius 1 is 1.17 bits per heavy atom. The largest absolute Gasteiger partial charge is 0.490 e. The van der Waals surface area contributed by atoms with Gasteiger partial charge in [0.15, 0.2) is 0 Å². The van der Waals surface area contributed by atoms with Gasteiger partial charge in [0.2, 0.25) is 0 Å². The fraction of sp³-hybridized carbons (Fsp3) is 0.455. The fourth-order valence-corrected chi connectivity index (χ4v) is 3.61. The van der Waals surface area contributed by atoms with Crippen LogP contribution in [0.1, 0.15) is 57.8 Å². The van der Waals surface area contributed by atoms with E-state index in [1.54, 1.807) is 13.8 Å². The van der Waals surface area contributed by atoms with E-state index in [4.69, 9.17) is 14.2 Å². The Hall–Kier alpha value is -2.80. The summed E-state index contributed by atoms with van der Waals surface area (Å²) in [6.07, 6.45) is 4.79. The molecule has 0 bridgehead atoms. The number of hydrogen-bond donors (Lipinski definition) is 2. The summed E-state index contributed by atoms with van der Waals surface area (Å²) < 4.78 is 16.1. The molecule has 2 N–H and O–H groups in total. The van der Waals surface area contributed by atoms with Crippen LogP contribution in [0.4, 0.5) is 5.69 Å². The highest BCUT2D eigenvalue weighted by Gasteiger charge is 2.23. The Bertz CT molecular complexity index is 868. The Balaban J connectivity index is 1.69. The number of carbonyl (C=O) groups is 2. The maximum Gasteiger partial charge on any atom is 0.340 e. The lowest BCUT2D eigenvalue weighted by Gasteiger charge is -2.14. The molecule has 1 aromatic carbocycles. The Morgan fingerprint density at radius 2 is 1.93 bits per heavy atom. The zero-order chi connectivity index (χ0) is 20.8. The normalized spacial score (nSPS) is 14.0. The van der Waals surface area contributed by atoms with E-state index < -0.39 is 5.97 Å². The number of ether oxygens (including phenoxy) is 3. The van der Waals surface area contributed by atoms with Crippen molar-refractivity contribution in [1.82, 2.24) is 4.98 Å². The van der Waals surface area contributed by atoms with E-state index in [9.17, 15) is 9.59 Å². The monoisotopic (exact) mass is 400 g/mol. The van der Waals surface area contributed by atoms with E-state index in [1.165, 1.54) is 20.0 Å². The number of aromatic nitrogens is 1. The quantitative estimate of drug-likeness (QED) is 0.516. The average molecular weight is 400 g/mol. The molecule has 2 aromatic rings. The summed E-state index contributed by atoms with van der Waals surface area (Å²) in [6, 6.07) is 7.38. The van der Waals surface area contributed by atoms with Crippen LogP contribution in [0.15, 0.2) is 24.3 Å². The van der Waals surface area contributed by atoms with Gasteiger partial charge < -0.3 is 24.5 Å². The topological polar surface area (TPSA) is 89.7 Å². The molecule has 0 atom stereocenters. The van der Waals surface area contributed by atoms with Crippen LogP contribution in [0, 0.1) is 13.8 Å². The molecule has 0 unspecified atom stereocenters. The summed E-state index contributed by atoms with van der Waals surface area (Å²) in [5, 5.41) is 2.87. The third kappa shape index (κ3) is 5.17. The van der Waals surface area contributed by atoms with Crippen molar-refractivity contribution in [2.24, 2.45) is 0 Å². The van der Waals surface area contributed by atoms with Crippen LogP contribution in [0.25, 0.3) is 0 Å². The molecule has 1 aliphatic rings. The summed E-state index contributed by atoms with van der Waals surface area (Å²) >= 11 is 0. The molecule has 29 heavy (non-hydrogen) atoms. The number of hydrogen-bond acceptors (Lipinski definition) is 5. The molecular formula is C22H28N2O5. The Morgan fingerprint density at radius 3 is 2.66 bits per heavy atom. The second-order valence-electron chi connectivity index (χ2n) is 7.26. The lowest BCUT2D eigenvalue weighted by molar-refractivity contribution is 0.0387. The van der Waals surface area contributed by atoms with Gasteiger partial charge in [-0.3, -0.25) is 4.79 Å². The van der Waals surface area contributed by atoms with Crippen LogP contribution in [0.3, 0.4) is 0 Å². The van der Waals surface area contributed by atoms with Crippen LogP contribution >= 0.6 is 0 Å². The molecule has 7 heteroatoms. The molecule has 0 aliphatic heterocycles. The predicted octanol–water partition coefficient (Wildman–Crippen LogP) is 4.01. The third-order valence-electron chi connectivity index (χ3n) is 5.09. The first-order valence-electron chi connectivity index (χ1n) is 9.93. The maximum atomic E-state index is 12.8. The third-order valence-corrected chi connectivity index (χ3v) is 5.09. The van der Waals surface area contributed by atoms with E-state index in [2.05, 4.69) is 10.3 Å². The number of anilines is 1. The molecular weight excluding hydrogens is 372 g/mol. The van der Waals surface area contributed by atoms with Crippen LogP contribution in [-0.4, -0.2) is 43.3 Å². The highest BCUT2D eigenvalue weighted by Crippen LogP contribution is 2.26. The molecule has 0 spiro atoms. The van der Waals surface area contributed by atoms with Gasteiger partial charge in [-0.1, -0.05) is 6.07 Å². The maximum absolute atomic E-state index is 12.8. The second-order valence-corrected chi connectivity index (χ2v) is 7.26. The summed E-state index contributed by atoms with van der Waals surface area (Å²) in [4.78, 5) is 28.1. The van der Waals surface area contributed by atoms with Gasteiger partial charge >= 0.3 is 5.97 Å². The molecule has 1 aliphatic carbocycles. The molecule has 0 radical (unpaired) electrons.